The van der Waals surface area contributed by atoms with Crippen molar-refractivity contribution >= 4 is 22.7 Å². The van der Waals surface area contributed by atoms with Gasteiger partial charge in [-0.2, -0.15) is 18.4 Å². The van der Waals surface area contributed by atoms with E-state index in [9.17, 15) is 13.2 Å². The summed E-state index contributed by atoms with van der Waals surface area (Å²) < 4.78 is 44.3. The third-order valence-corrected chi connectivity index (χ3v) is 4.01. The molecule has 29 heavy (non-hydrogen) atoms. The lowest BCUT2D eigenvalue weighted by molar-refractivity contribution is -0.137. The Labute approximate surface area is 162 Å². The van der Waals surface area contributed by atoms with E-state index in [4.69, 9.17) is 10.00 Å². The van der Waals surface area contributed by atoms with Gasteiger partial charge in [-0.3, -0.25) is 0 Å². The number of alkyl halides is 3. The van der Waals surface area contributed by atoms with Crippen LogP contribution in [0.1, 0.15) is 11.1 Å². The Morgan fingerprint density at radius 3 is 2.72 bits per heavy atom. The number of aromatic amines is 1. The second-order valence-corrected chi connectivity index (χ2v) is 6.04. The van der Waals surface area contributed by atoms with Gasteiger partial charge >= 0.3 is 6.18 Å². The predicted octanol–water partition coefficient (Wildman–Crippen LogP) is 5.38. The Kier molecular flexibility index (Phi) is 4.52. The van der Waals surface area contributed by atoms with Crippen molar-refractivity contribution in [1.29, 1.82) is 5.26 Å². The summed E-state index contributed by atoms with van der Waals surface area (Å²) in [4.78, 5) is 11.5. The lowest BCUT2D eigenvalue weighted by Crippen LogP contribution is -2.04. The first kappa shape index (κ1) is 18.3. The highest BCUT2D eigenvalue weighted by Crippen LogP contribution is 2.34. The number of fused-ring (bicyclic) bond motifs is 1. The van der Waals surface area contributed by atoms with Crippen LogP contribution >= 0.6 is 0 Å². The van der Waals surface area contributed by atoms with Gasteiger partial charge in [-0.05, 0) is 48.5 Å². The van der Waals surface area contributed by atoms with Crippen LogP contribution in [0, 0.1) is 11.3 Å². The fourth-order valence-corrected chi connectivity index (χ4v) is 2.68. The molecule has 0 bridgehead atoms. The monoisotopic (exact) mass is 395 g/mol. The predicted molar refractivity (Wildman–Crippen MR) is 99.8 cm³/mol. The number of aromatic nitrogens is 3. The number of ether oxygens (including phenoxy) is 1. The Balaban J connectivity index is 1.62. The summed E-state index contributed by atoms with van der Waals surface area (Å²) in [7, 11) is 0. The number of benzene rings is 2. The number of pyridine rings is 1. The molecule has 4 aromatic rings. The molecule has 4 rings (SSSR count). The van der Waals surface area contributed by atoms with Crippen molar-refractivity contribution in [3.63, 3.8) is 0 Å². The van der Waals surface area contributed by atoms with Crippen LogP contribution in [-0.2, 0) is 6.18 Å². The standard InChI is InChI=1S/C20H12F3N5O/c21-20(22,23)13-3-1-4-14(10-13)29-18-16(5-2-8-25-18)27-19-26-15-7-6-12(11-24)9-17(15)28-19/h1-10H,(H2,26,27,28). The molecule has 0 aliphatic carbocycles. The maximum absolute atomic E-state index is 12.9. The van der Waals surface area contributed by atoms with E-state index in [1.807, 2.05) is 0 Å². The van der Waals surface area contributed by atoms with Gasteiger partial charge in [-0.1, -0.05) is 6.07 Å². The number of rotatable bonds is 4. The summed E-state index contributed by atoms with van der Waals surface area (Å²) in [5, 5.41) is 12.0. The zero-order valence-electron chi connectivity index (χ0n) is 14.7. The van der Waals surface area contributed by atoms with Crippen LogP contribution < -0.4 is 10.1 Å². The highest BCUT2D eigenvalue weighted by Gasteiger charge is 2.30. The summed E-state index contributed by atoms with van der Waals surface area (Å²) in [6.45, 7) is 0. The number of H-pyrrole nitrogens is 1. The quantitative estimate of drug-likeness (QED) is 0.484. The van der Waals surface area contributed by atoms with Gasteiger partial charge in [-0.25, -0.2) is 9.97 Å². The van der Waals surface area contributed by atoms with Crippen LogP contribution in [0.25, 0.3) is 11.0 Å². The van der Waals surface area contributed by atoms with Gasteiger partial charge in [0.05, 0.1) is 28.2 Å². The minimum absolute atomic E-state index is 0.00448. The minimum atomic E-state index is -4.47. The largest absolute Gasteiger partial charge is 0.437 e. The minimum Gasteiger partial charge on any atom is -0.437 e. The molecule has 0 saturated carbocycles. The van der Waals surface area contributed by atoms with Crippen LogP contribution in [0.5, 0.6) is 11.6 Å². The van der Waals surface area contributed by atoms with E-state index in [2.05, 4.69) is 26.3 Å². The van der Waals surface area contributed by atoms with E-state index in [1.54, 1.807) is 30.3 Å². The van der Waals surface area contributed by atoms with E-state index < -0.39 is 11.7 Å². The summed E-state index contributed by atoms with van der Waals surface area (Å²) in [5.41, 5.74) is 1.39. The average molecular weight is 395 g/mol. The van der Waals surface area contributed by atoms with Crippen molar-refractivity contribution in [2.45, 2.75) is 6.18 Å². The summed E-state index contributed by atoms with van der Waals surface area (Å²) in [5.74, 6) is 0.465. The highest BCUT2D eigenvalue weighted by molar-refractivity contribution is 5.80. The Morgan fingerprint density at radius 1 is 1.07 bits per heavy atom. The second kappa shape index (κ2) is 7.16. The van der Waals surface area contributed by atoms with Crippen molar-refractivity contribution in [2.75, 3.05) is 5.32 Å². The molecule has 0 spiro atoms. The molecule has 2 heterocycles. The molecule has 0 aliphatic heterocycles. The zero-order chi connectivity index (χ0) is 20.4. The molecule has 0 radical (unpaired) electrons. The Bertz CT molecular complexity index is 1230. The lowest BCUT2D eigenvalue weighted by Gasteiger charge is -2.12. The van der Waals surface area contributed by atoms with Crippen molar-refractivity contribution in [1.82, 2.24) is 15.0 Å². The van der Waals surface area contributed by atoms with E-state index in [-0.39, 0.29) is 11.6 Å². The van der Waals surface area contributed by atoms with Crippen molar-refractivity contribution in [3.8, 4) is 17.7 Å². The van der Waals surface area contributed by atoms with Crippen LogP contribution in [0.4, 0.5) is 24.8 Å². The first-order valence-electron chi connectivity index (χ1n) is 8.39. The Hall–Kier alpha value is -4.06. The molecular formula is C20H12F3N5O. The Morgan fingerprint density at radius 2 is 1.93 bits per heavy atom. The zero-order valence-corrected chi connectivity index (χ0v) is 14.7. The third-order valence-electron chi connectivity index (χ3n) is 4.01. The molecule has 2 aromatic carbocycles. The number of nitriles is 1. The van der Waals surface area contributed by atoms with Gasteiger partial charge in [0.2, 0.25) is 11.8 Å². The van der Waals surface area contributed by atoms with Crippen LogP contribution in [-0.4, -0.2) is 15.0 Å². The van der Waals surface area contributed by atoms with E-state index >= 15 is 0 Å². The molecule has 6 nitrogen and oxygen atoms in total. The molecule has 144 valence electrons. The molecule has 9 heteroatoms. The van der Waals surface area contributed by atoms with Gasteiger partial charge in [-0.15, -0.1) is 0 Å². The van der Waals surface area contributed by atoms with Crippen molar-refractivity contribution in [2.24, 2.45) is 0 Å². The summed E-state index contributed by atoms with van der Waals surface area (Å²) in [6.07, 6.45) is -3.01. The third kappa shape index (κ3) is 3.96. The number of hydrogen-bond donors (Lipinski definition) is 2. The number of anilines is 2. The number of halogens is 3. The molecule has 0 atom stereocenters. The van der Waals surface area contributed by atoms with Gasteiger partial charge in [0.25, 0.3) is 0 Å². The highest BCUT2D eigenvalue weighted by atomic mass is 19.4. The molecule has 2 aromatic heterocycles. The summed E-state index contributed by atoms with van der Waals surface area (Å²) in [6, 6.07) is 14.9. The van der Waals surface area contributed by atoms with Gasteiger partial charge in [0.15, 0.2) is 0 Å². The smallest absolute Gasteiger partial charge is 0.416 e. The number of nitrogens with zero attached hydrogens (tertiary/aromatic N) is 3. The molecule has 2 N–H and O–H groups in total. The average Bonchev–Trinajstić information content (AvgIpc) is 3.10. The number of nitrogens with one attached hydrogen (secondary N) is 2. The number of hydrogen-bond acceptors (Lipinski definition) is 5. The first-order chi connectivity index (χ1) is 13.9. The van der Waals surface area contributed by atoms with Gasteiger partial charge in [0.1, 0.15) is 11.4 Å². The van der Waals surface area contributed by atoms with Crippen LogP contribution in [0.2, 0.25) is 0 Å². The maximum Gasteiger partial charge on any atom is 0.416 e. The van der Waals surface area contributed by atoms with Gasteiger partial charge in [0, 0.05) is 6.20 Å². The SMILES string of the molecule is N#Cc1ccc2nc(Nc3cccnc3Oc3cccc(C(F)(F)F)c3)[nH]c2c1. The van der Waals surface area contributed by atoms with Gasteiger partial charge < -0.3 is 15.0 Å². The second-order valence-electron chi connectivity index (χ2n) is 6.04. The fraction of sp³-hybridized carbons (Fsp3) is 0.0500. The molecule has 0 fully saturated rings. The van der Waals surface area contributed by atoms with Crippen LogP contribution in [0.3, 0.4) is 0 Å². The van der Waals surface area contributed by atoms with Crippen molar-refractivity contribution < 1.29 is 17.9 Å². The van der Waals surface area contributed by atoms with Crippen LogP contribution in [0.15, 0.2) is 60.8 Å². The molecule has 0 aliphatic rings. The molecule has 0 amide bonds. The maximum atomic E-state index is 12.9. The normalized spacial score (nSPS) is 11.2. The van der Waals surface area contributed by atoms with E-state index in [0.29, 0.717) is 28.2 Å². The first-order valence-corrected chi connectivity index (χ1v) is 8.39. The molecule has 0 saturated heterocycles. The lowest BCUT2D eigenvalue weighted by atomic mass is 10.2. The molecular weight excluding hydrogens is 383 g/mol. The van der Waals surface area contributed by atoms with E-state index in [1.165, 1.54) is 18.3 Å². The topological polar surface area (TPSA) is 86.6 Å². The number of imidazole rings is 1. The van der Waals surface area contributed by atoms with E-state index in [0.717, 1.165) is 12.1 Å². The fourth-order valence-electron chi connectivity index (χ4n) is 2.68. The van der Waals surface area contributed by atoms with Crippen molar-refractivity contribution in [3.05, 3.63) is 71.9 Å². The summed E-state index contributed by atoms with van der Waals surface area (Å²) >= 11 is 0. The molecule has 0 unspecified atom stereocenters.